The number of likely N-dealkylation sites (tertiary alicyclic amines) is 1. The Morgan fingerprint density at radius 1 is 1.28 bits per heavy atom. The Balaban J connectivity index is 1.96. The second kappa shape index (κ2) is 6.48. The summed E-state index contributed by atoms with van der Waals surface area (Å²) in [5, 5.41) is 0. The molecule has 18 heavy (non-hydrogen) atoms. The maximum atomic E-state index is 13.1. The lowest BCUT2D eigenvalue weighted by atomic mass is 10.1. The fourth-order valence-electron chi connectivity index (χ4n) is 2.62. The van der Waals surface area contributed by atoms with E-state index in [1.54, 1.807) is 6.07 Å². The molecule has 0 aliphatic carbocycles. The summed E-state index contributed by atoms with van der Waals surface area (Å²) < 4.78 is 26.0. The highest BCUT2D eigenvalue weighted by molar-refractivity contribution is 6.17. The maximum absolute atomic E-state index is 13.1. The van der Waals surface area contributed by atoms with Gasteiger partial charge in [0.2, 0.25) is 0 Å². The van der Waals surface area contributed by atoms with Crippen molar-refractivity contribution in [3.05, 3.63) is 35.4 Å². The zero-order chi connectivity index (χ0) is 13.0. The van der Waals surface area contributed by atoms with E-state index < -0.39 is 11.6 Å². The van der Waals surface area contributed by atoms with Gasteiger partial charge in [-0.1, -0.05) is 6.07 Å². The summed E-state index contributed by atoms with van der Waals surface area (Å²) >= 11 is 5.72. The van der Waals surface area contributed by atoms with Crippen molar-refractivity contribution in [3.63, 3.8) is 0 Å². The highest BCUT2D eigenvalue weighted by Gasteiger charge is 2.23. The Kier molecular flexibility index (Phi) is 4.95. The standard InChI is InChI=1S/C14H18ClF2N/c15-7-1-3-12-4-2-8-18(12)10-11-5-6-13(16)14(17)9-11/h5-6,9,12H,1-4,7-8,10H2. The molecule has 0 amide bonds. The summed E-state index contributed by atoms with van der Waals surface area (Å²) in [6, 6.07) is 4.70. The normalized spacial score (nSPS) is 20.5. The molecule has 0 bridgehead atoms. The smallest absolute Gasteiger partial charge is 0.159 e. The van der Waals surface area contributed by atoms with E-state index >= 15 is 0 Å². The quantitative estimate of drug-likeness (QED) is 0.735. The number of hydrogen-bond donors (Lipinski definition) is 0. The van der Waals surface area contributed by atoms with Gasteiger partial charge in [0.05, 0.1) is 0 Å². The summed E-state index contributed by atoms with van der Waals surface area (Å²) in [6.07, 6.45) is 4.46. The van der Waals surface area contributed by atoms with Crippen molar-refractivity contribution in [1.29, 1.82) is 0 Å². The van der Waals surface area contributed by atoms with E-state index in [9.17, 15) is 8.78 Å². The molecule has 1 unspecified atom stereocenters. The second-order valence-corrected chi connectivity index (χ2v) is 5.22. The molecule has 1 aromatic rings. The lowest BCUT2D eigenvalue weighted by Gasteiger charge is -2.24. The lowest BCUT2D eigenvalue weighted by molar-refractivity contribution is 0.233. The van der Waals surface area contributed by atoms with Gasteiger partial charge in [-0.2, -0.15) is 0 Å². The number of rotatable bonds is 5. The number of hydrogen-bond acceptors (Lipinski definition) is 1. The first kappa shape index (κ1) is 13.8. The molecule has 1 aliphatic rings. The molecule has 0 N–H and O–H groups in total. The van der Waals surface area contributed by atoms with Gasteiger partial charge in [-0.15, -0.1) is 11.6 Å². The largest absolute Gasteiger partial charge is 0.296 e. The first-order valence-corrected chi connectivity index (χ1v) is 6.98. The number of halogens is 3. The molecule has 0 aromatic heterocycles. The molecule has 1 fully saturated rings. The van der Waals surface area contributed by atoms with Crippen LogP contribution in [0.25, 0.3) is 0 Å². The third kappa shape index (κ3) is 3.42. The lowest BCUT2D eigenvalue weighted by Crippen LogP contribution is -2.29. The minimum absolute atomic E-state index is 0.539. The minimum Gasteiger partial charge on any atom is -0.296 e. The van der Waals surface area contributed by atoms with Crippen LogP contribution in [0.15, 0.2) is 18.2 Å². The zero-order valence-electron chi connectivity index (χ0n) is 10.3. The Morgan fingerprint density at radius 2 is 2.11 bits per heavy atom. The fourth-order valence-corrected chi connectivity index (χ4v) is 2.77. The Labute approximate surface area is 112 Å². The second-order valence-electron chi connectivity index (χ2n) is 4.85. The molecule has 4 heteroatoms. The third-order valence-corrected chi connectivity index (χ3v) is 3.81. The zero-order valence-corrected chi connectivity index (χ0v) is 11.1. The highest BCUT2D eigenvalue weighted by Crippen LogP contribution is 2.24. The van der Waals surface area contributed by atoms with Gasteiger partial charge in [0.1, 0.15) is 0 Å². The van der Waals surface area contributed by atoms with Crippen LogP contribution < -0.4 is 0 Å². The SMILES string of the molecule is Fc1ccc(CN2CCCC2CCCCl)cc1F. The molecule has 1 aromatic carbocycles. The first-order chi connectivity index (χ1) is 8.70. The van der Waals surface area contributed by atoms with Crippen LogP contribution in [-0.2, 0) is 6.54 Å². The van der Waals surface area contributed by atoms with Crippen LogP contribution in [0.3, 0.4) is 0 Å². The van der Waals surface area contributed by atoms with Crippen LogP contribution >= 0.6 is 11.6 Å². The van der Waals surface area contributed by atoms with Crippen LogP contribution in [-0.4, -0.2) is 23.4 Å². The van der Waals surface area contributed by atoms with Gasteiger partial charge in [0, 0.05) is 18.5 Å². The summed E-state index contributed by atoms with van der Waals surface area (Å²) in [5.41, 5.74) is 0.840. The van der Waals surface area contributed by atoms with Crippen LogP contribution in [0.5, 0.6) is 0 Å². The van der Waals surface area contributed by atoms with Crippen molar-refractivity contribution < 1.29 is 8.78 Å². The van der Waals surface area contributed by atoms with Crippen molar-refractivity contribution >= 4 is 11.6 Å². The molecule has 2 rings (SSSR count). The van der Waals surface area contributed by atoms with Crippen molar-refractivity contribution in [1.82, 2.24) is 4.90 Å². The Bertz CT molecular complexity index is 397. The molecule has 1 saturated heterocycles. The van der Waals surface area contributed by atoms with Crippen LogP contribution in [0, 0.1) is 11.6 Å². The van der Waals surface area contributed by atoms with E-state index in [2.05, 4.69) is 4.90 Å². The fraction of sp³-hybridized carbons (Fsp3) is 0.571. The van der Waals surface area contributed by atoms with Gasteiger partial charge in [-0.3, -0.25) is 4.90 Å². The van der Waals surface area contributed by atoms with E-state index in [4.69, 9.17) is 11.6 Å². The van der Waals surface area contributed by atoms with E-state index in [0.29, 0.717) is 18.5 Å². The van der Waals surface area contributed by atoms with Crippen molar-refractivity contribution in [2.75, 3.05) is 12.4 Å². The molecule has 1 heterocycles. The van der Waals surface area contributed by atoms with Gasteiger partial charge in [-0.25, -0.2) is 8.78 Å². The molecular formula is C14H18ClF2N. The number of benzene rings is 1. The number of nitrogens with zero attached hydrogens (tertiary/aromatic N) is 1. The van der Waals surface area contributed by atoms with Gasteiger partial charge in [0.25, 0.3) is 0 Å². The Hall–Kier alpha value is -0.670. The summed E-state index contributed by atoms with van der Waals surface area (Å²) in [7, 11) is 0. The van der Waals surface area contributed by atoms with Gasteiger partial charge >= 0.3 is 0 Å². The van der Waals surface area contributed by atoms with Crippen LogP contribution in [0.2, 0.25) is 0 Å². The van der Waals surface area contributed by atoms with Crippen LogP contribution in [0.1, 0.15) is 31.2 Å². The molecular weight excluding hydrogens is 256 g/mol. The maximum Gasteiger partial charge on any atom is 0.159 e. The van der Waals surface area contributed by atoms with E-state index in [1.807, 2.05) is 0 Å². The predicted octanol–water partition coefficient (Wildman–Crippen LogP) is 3.95. The molecule has 1 atom stereocenters. The average Bonchev–Trinajstić information content (AvgIpc) is 2.79. The van der Waals surface area contributed by atoms with E-state index in [0.717, 1.165) is 24.9 Å². The van der Waals surface area contributed by atoms with Crippen molar-refractivity contribution in [2.45, 2.75) is 38.3 Å². The molecule has 0 radical (unpaired) electrons. The number of alkyl halides is 1. The molecule has 0 saturated carbocycles. The van der Waals surface area contributed by atoms with Gasteiger partial charge in [-0.05, 0) is 49.9 Å². The first-order valence-electron chi connectivity index (χ1n) is 6.44. The Morgan fingerprint density at radius 3 is 2.83 bits per heavy atom. The molecule has 1 nitrogen and oxygen atoms in total. The summed E-state index contributed by atoms with van der Waals surface area (Å²) in [4.78, 5) is 2.35. The van der Waals surface area contributed by atoms with Crippen LogP contribution in [0.4, 0.5) is 8.78 Å². The molecule has 0 spiro atoms. The highest BCUT2D eigenvalue weighted by atomic mass is 35.5. The van der Waals surface area contributed by atoms with E-state index in [1.165, 1.54) is 25.0 Å². The summed E-state index contributed by atoms with van der Waals surface area (Å²) in [6.45, 7) is 1.73. The minimum atomic E-state index is -0.779. The van der Waals surface area contributed by atoms with Crippen molar-refractivity contribution in [3.8, 4) is 0 Å². The molecule has 1 aliphatic heterocycles. The topological polar surface area (TPSA) is 3.24 Å². The van der Waals surface area contributed by atoms with E-state index in [-0.39, 0.29) is 0 Å². The third-order valence-electron chi connectivity index (χ3n) is 3.54. The monoisotopic (exact) mass is 273 g/mol. The predicted molar refractivity (Wildman–Crippen MR) is 69.7 cm³/mol. The average molecular weight is 274 g/mol. The summed E-state index contributed by atoms with van der Waals surface area (Å²) in [5.74, 6) is -0.849. The van der Waals surface area contributed by atoms with Crippen molar-refractivity contribution in [2.24, 2.45) is 0 Å². The van der Waals surface area contributed by atoms with Gasteiger partial charge in [0.15, 0.2) is 11.6 Å². The molecule has 100 valence electrons. The van der Waals surface area contributed by atoms with Gasteiger partial charge < -0.3 is 0 Å².